The summed E-state index contributed by atoms with van der Waals surface area (Å²) in [7, 11) is 0. The zero-order valence-corrected chi connectivity index (χ0v) is 14.3. The maximum atomic E-state index is 11.7. The molecule has 3 rings (SSSR count). The Bertz CT molecular complexity index is 832. The third-order valence-electron chi connectivity index (χ3n) is 3.04. The van der Waals surface area contributed by atoms with Crippen molar-refractivity contribution in [3.8, 4) is 16.5 Å². The number of hydrogen-bond donors (Lipinski definition) is 0. The largest absolute Gasteiger partial charge is 0.482 e. The van der Waals surface area contributed by atoms with Gasteiger partial charge in [0.25, 0.3) is 5.89 Å². The maximum absolute atomic E-state index is 11.7. The van der Waals surface area contributed by atoms with Crippen molar-refractivity contribution in [2.75, 3.05) is 6.61 Å². The van der Waals surface area contributed by atoms with Crippen LogP contribution in [-0.4, -0.2) is 22.7 Å². The normalized spacial score (nSPS) is 10.6. The highest BCUT2D eigenvalue weighted by atomic mass is 35.5. The summed E-state index contributed by atoms with van der Waals surface area (Å²) in [6, 6.07) is 8.92. The Hall–Kier alpha value is -2.38. The van der Waals surface area contributed by atoms with E-state index in [1.807, 2.05) is 24.4 Å². The number of carbonyl (C=O) groups is 1. The van der Waals surface area contributed by atoms with E-state index in [0.717, 1.165) is 10.4 Å². The van der Waals surface area contributed by atoms with Crippen molar-refractivity contribution in [2.24, 2.45) is 0 Å². The zero-order valence-electron chi connectivity index (χ0n) is 12.7. The van der Waals surface area contributed by atoms with Gasteiger partial charge in [-0.3, -0.25) is 0 Å². The van der Waals surface area contributed by atoms with Crippen LogP contribution in [0.25, 0.3) is 10.8 Å². The Kier molecular flexibility index (Phi) is 5.12. The third kappa shape index (κ3) is 4.12. The van der Waals surface area contributed by atoms with Gasteiger partial charge < -0.3 is 14.0 Å². The lowest BCUT2D eigenvalue weighted by Crippen LogP contribution is -2.15. The van der Waals surface area contributed by atoms with Gasteiger partial charge in [0.2, 0.25) is 5.82 Å². The van der Waals surface area contributed by atoms with Crippen LogP contribution in [0.2, 0.25) is 5.02 Å². The van der Waals surface area contributed by atoms with Crippen molar-refractivity contribution in [3.05, 3.63) is 52.1 Å². The number of nitrogens with zero attached hydrogens (tertiary/aromatic N) is 2. The van der Waals surface area contributed by atoms with Gasteiger partial charge in [-0.2, -0.15) is 4.98 Å². The van der Waals surface area contributed by atoms with Crippen LogP contribution in [0.3, 0.4) is 0 Å². The number of hydrogen-bond acceptors (Lipinski definition) is 7. The number of aromatic nitrogens is 2. The Morgan fingerprint density at radius 2 is 2.25 bits per heavy atom. The van der Waals surface area contributed by atoms with E-state index < -0.39 is 5.97 Å². The monoisotopic (exact) mass is 364 g/mol. The smallest absolute Gasteiger partial charge is 0.344 e. The summed E-state index contributed by atoms with van der Waals surface area (Å²) in [5.41, 5.74) is 0.842. The van der Waals surface area contributed by atoms with Crippen molar-refractivity contribution in [2.45, 2.75) is 13.5 Å². The average Bonchev–Trinajstić information content (AvgIpc) is 3.23. The molecule has 1 aromatic carbocycles. The molecule has 0 aliphatic carbocycles. The highest BCUT2D eigenvalue weighted by Gasteiger charge is 2.12. The lowest BCUT2D eigenvalue weighted by atomic mass is 10.2. The first-order chi connectivity index (χ1) is 11.6. The number of ether oxygens (including phenoxy) is 2. The summed E-state index contributed by atoms with van der Waals surface area (Å²) in [5.74, 6) is 0.765. The molecule has 0 aliphatic heterocycles. The molecule has 6 nitrogen and oxygen atoms in total. The molecule has 2 aromatic heterocycles. The van der Waals surface area contributed by atoms with Gasteiger partial charge in [0.05, 0.1) is 4.88 Å². The average molecular weight is 365 g/mol. The summed E-state index contributed by atoms with van der Waals surface area (Å²) in [6.45, 7) is 1.56. The van der Waals surface area contributed by atoms with E-state index in [4.69, 9.17) is 25.6 Å². The molecule has 0 N–H and O–H groups in total. The van der Waals surface area contributed by atoms with Gasteiger partial charge in [0.1, 0.15) is 5.75 Å². The van der Waals surface area contributed by atoms with Gasteiger partial charge in [-0.25, -0.2) is 4.79 Å². The zero-order chi connectivity index (χ0) is 16.9. The Morgan fingerprint density at radius 1 is 1.38 bits per heavy atom. The molecular weight excluding hydrogens is 352 g/mol. The van der Waals surface area contributed by atoms with Crippen molar-refractivity contribution in [1.82, 2.24) is 10.1 Å². The molecule has 24 heavy (non-hydrogen) atoms. The molecule has 0 radical (unpaired) electrons. The molecule has 0 fully saturated rings. The van der Waals surface area contributed by atoms with Crippen molar-refractivity contribution < 1.29 is 18.8 Å². The first kappa shape index (κ1) is 16.5. The molecule has 0 spiro atoms. The summed E-state index contributed by atoms with van der Waals surface area (Å²) in [6.07, 6.45) is 0. The van der Waals surface area contributed by atoms with Gasteiger partial charge in [-0.1, -0.05) is 22.8 Å². The van der Waals surface area contributed by atoms with Crippen LogP contribution in [0.1, 0.15) is 11.4 Å². The minimum atomic E-state index is -0.521. The number of halogens is 1. The second-order valence-electron chi connectivity index (χ2n) is 4.85. The van der Waals surface area contributed by atoms with Gasteiger partial charge in [0, 0.05) is 5.02 Å². The van der Waals surface area contributed by atoms with Gasteiger partial charge in [-0.05, 0) is 42.1 Å². The third-order valence-corrected chi connectivity index (χ3v) is 4.14. The molecule has 0 saturated carbocycles. The van der Waals surface area contributed by atoms with E-state index in [1.165, 1.54) is 11.3 Å². The molecular formula is C16H13ClN2O4S. The molecule has 0 aliphatic rings. The van der Waals surface area contributed by atoms with Crippen LogP contribution < -0.4 is 4.74 Å². The fourth-order valence-corrected chi connectivity index (χ4v) is 2.78. The quantitative estimate of drug-likeness (QED) is 0.618. The summed E-state index contributed by atoms with van der Waals surface area (Å²) in [5, 5.41) is 6.30. The molecule has 3 aromatic rings. The first-order valence-corrected chi connectivity index (χ1v) is 8.28. The molecule has 124 valence electrons. The van der Waals surface area contributed by atoms with Crippen LogP contribution in [0.15, 0.2) is 40.2 Å². The Balaban J connectivity index is 1.49. The van der Waals surface area contributed by atoms with Gasteiger partial charge >= 0.3 is 5.97 Å². The Morgan fingerprint density at radius 3 is 3.00 bits per heavy atom. The standard InChI is InChI=1S/C16H13ClN2O4S/c1-10-7-11(17)4-5-12(10)21-9-15(20)22-8-14-18-16(23-19-14)13-3-2-6-24-13/h2-7H,8-9H2,1H3. The second-order valence-corrected chi connectivity index (χ2v) is 6.24. The first-order valence-electron chi connectivity index (χ1n) is 7.03. The molecule has 0 unspecified atom stereocenters. The summed E-state index contributed by atoms with van der Waals surface area (Å²) >= 11 is 7.36. The van der Waals surface area contributed by atoms with E-state index in [0.29, 0.717) is 22.5 Å². The lowest BCUT2D eigenvalue weighted by molar-refractivity contribution is -0.147. The van der Waals surface area contributed by atoms with Crippen LogP contribution >= 0.6 is 22.9 Å². The fourth-order valence-electron chi connectivity index (χ4n) is 1.91. The number of benzene rings is 1. The van der Waals surface area contributed by atoms with Crippen LogP contribution in [-0.2, 0) is 16.1 Å². The number of thiophene rings is 1. The van der Waals surface area contributed by atoms with E-state index >= 15 is 0 Å². The highest BCUT2D eigenvalue weighted by molar-refractivity contribution is 7.13. The fraction of sp³-hybridized carbons (Fsp3) is 0.188. The minimum Gasteiger partial charge on any atom is -0.482 e. The summed E-state index contributed by atoms with van der Waals surface area (Å²) < 4.78 is 15.6. The topological polar surface area (TPSA) is 74.5 Å². The van der Waals surface area contributed by atoms with Crippen LogP contribution in [0, 0.1) is 6.92 Å². The van der Waals surface area contributed by atoms with Crippen molar-refractivity contribution in [3.63, 3.8) is 0 Å². The lowest BCUT2D eigenvalue weighted by Gasteiger charge is -2.08. The van der Waals surface area contributed by atoms with Crippen molar-refractivity contribution >= 4 is 28.9 Å². The van der Waals surface area contributed by atoms with Gasteiger partial charge in [0.15, 0.2) is 13.2 Å². The van der Waals surface area contributed by atoms with Crippen LogP contribution in [0.4, 0.5) is 0 Å². The van der Waals surface area contributed by atoms with E-state index in [1.54, 1.807) is 18.2 Å². The van der Waals surface area contributed by atoms with E-state index in [9.17, 15) is 4.79 Å². The SMILES string of the molecule is Cc1cc(Cl)ccc1OCC(=O)OCc1noc(-c2cccs2)n1. The number of esters is 1. The molecule has 8 heteroatoms. The Labute approximate surface area is 147 Å². The maximum Gasteiger partial charge on any atom is 0.344 e. The van der Waals surface area contributed by atoms with Crippen LogP contribution in [0.5, 0.6) is 5.75 Å². The predicted molar refractivity (Wildman–Crippen MR) is 89.1 cm³/mol. The van der Waals surface area contributed by atoms with Gasteiger partial charge in [-0.15, -0.1) is 11.3 Å². The molecule has 0 amide bonds. The number of rotatable bonds is 6. The van der Waals surface area contributed by atoms with E-state index in [-0.39, 0.29) is 13.2 Å². The second kappa shape index (κ2) is 7.46. The minimum absolute atomic E-state index is 0.0727. The number of aryl methyl sites for hydroxylation is 1. The van der Waals surface area contributed by atoms with E-state index in [2.05, 4.69) is 10.1 Å². The molecule has 0 saturated heterocycles. The number of carbonyl (C=O) groups excluding carboxylic acids is 1. The molecule has 2 heterocycles. The molecule has 0 atom stereocenters. The predicted octanol–water partition coefficient (Wildman–Crippen LogP) is 3.88. The highest BCUT2D eigenvalue weighted by Crippen LogP contribution is 2.23. The molecule has 0 bridgehead atoms. The summed E-state index contributed by atoms with van der Waals surface area (Å²) in [4.78, 5) is 16.8. The van der Waals surface area contributed by atoms with Crippen molar-refractivity contribution in [1.29, 1.82) is 0 Å².